The number of hydrogen-bond acceptors (Lipinski definition) is 2. The van der Waals surface area contributed by atoms with Crippen molar-refractivity contribution >= 4 is 0 Å². The molecular formula is C12H18O2. The maximum Gasteiger partial charge on any atom is 0.126 e. The van der Waals surface area contributed by atoms with E-state index in [4.69, 9.17) is 9.47 Å². The van der Waals surface area contributed by atoms with Gasteiger partial charge in [-0.1, -0.05) is 6.07 Å². The molecule has 1 rings (SSSR count). The van der Waals surface area contributed by atoms with Crippen molar-refractivity contribution in [2.75, 3.05) is 6.61 Å². The largest absolute Gasteiger partial charge is 0.493 e. The van der Waals surface area contributed by atoms with Crippen LogP contribution in [0.3, 0.4) is 0 Å². The Bertz CT molecular complexity index is 292. The Hall–Kier alpha value is -1.18. The molecule has 78 valence electrons. The fraction of sp³-hybridized carbons (Fsp3) is 0.500. The van der Waals surface area contributed by atoms with E-state index in [1.165, 1.54) is 0 Å². The van der Waals surface area contributed by atoms with Gasteiger partial charge in [0, 0.05) is 5.56 Å². The molecular weight excluding hydrogens is 176 g/mol. The summed E-state index contributed by atoms with van der Waals surface area (Å²) in [5.41, 5.74) is 1.07. The fourth-order valence-electron chi connectivity index (χ4n) is 1.29. The molecule has 0 aliphatic carbocycles. The molecule has 0 aliphatic heterocycles. The molecule has 0 aliphatic rings. The SMILES string of the molecule is CCOc1cccc(OC(C)C)c1C. The van der Waals surface area contributed by atoms with Crippen LogP contribution in [-0.4, -0.2) is 12.7 Å². The monoisotopic (exact) mass is 194 g/mol. The Morgan fingerprint density at radius 3 is 2.43 bits per heavy atom. The van der Waals surface area contributed by atoms with Gasteiger partial charge in [-0.05, 0) is 39.8 Å². The molecule has 0 saturated heterocycles. The van der Waals surface area contributed by atoms with Crippen LogP contribution in [0.25, 0.3) is 0 Å². The zero-order valence-electron chi connectivity index (χ0n) is 9.33. The first kappa shape index (κ1) is 10.9. The summed E-state index contributed by atoms with van der Waals surface area (Å²) in [5.74, 6) is 1.82. The minimum atomic E-state index is 0.200. The Kier molecular flexibility index (Phi) is 3.81. The first-order chi connectivity index (χ1) is 6.65. The van der Waals surface area contributed by atoms with Crippen molar-refractivity contribution < 1.29 is 9.47 Å². The Balaban J connectivity index is 2.89. The summed E-state index contributed by atoms with van der Waals surface area (Å²) in [6.07, 6.45) is 0.200. The highest BCUT2D eigenvalue weighted by atomic mass is 16.5. The van der Waals surface area contributed by atoms with Crippen LogP contribution in [0.2, 0.25) is 0 Å². The molecule has 0 heterocycles. The van der Waals surface area contributed by atoms with E-state index < -0.39 is 0 Å². The van der Waals surface area contributed by atoms with Crippen LogP contribution in [0.5, 0.6) is 11.5 Å². The van der Waals surface area contributed by atoms with Gasteiger partial charge in [0.05, 0.1) is 12.7 Å². The van der Waals surface area contributed by atoms with E-state index in [9.17, 15) is 0 Å². The summed E-state index contributed by atoms with van der Waals surface area (Å²) in [6.45, 7) is 8.73. The second kappa shape index (κ2) is 4.89. The van der Waals surface area contributed by atoms with Crippen LogP contribution >= 0.6 is 0 Å². The average Bonchev–Trinajstić information content (AvgIpc) is 2.11. The van der Waals surface area contributed by atoms with Crippen LogP contribution in [-0.2, 0) is 0 Å². The molecule has 0 saturated carbocycles. The van der Waals surface area contributed by atoms with Crippen molar-refractivity contribution in [3.8, 4) is 11.5 Å². The molecule has 0 aromatic heterocycles. The van der Waals surface area contributed by atoms with Crippen LogP contribution in [0.4, 0.5) is 0 Å². The lowest BCUT2D eigenvalue weighted by Gasteiger charge is -2.14. The van der Waals surface area contributed by atoms with Gasteiger partial charge in [0.1, 0.15) is 11.5 Å². The van der Waals surface area contributed by atoms with E-state index in [0.717, 1.165) is 17.1 Å². The molecule has 2 heteroatoms. The van der Waals surface area contributed by atoms with Crippen LogP contribution in [0, 0.1) is 6.92 Å². The number of benzene rings is 1. The third-order valence-electron chi connectivity index (χ3n) is 1.90. The van der Waals surface area contributed by atoms with Crippen molar-refractivity contribution in [2.24, 2.45) is 0 Å². The van der Waals surface area contributed by atoms with Crippen LogP contribution < -0.4 is 9.47 Å². The van der Waals surface area contributed by atoms with Crippen molar-refractivity contribution in [1.82, 2.24) is 0 Å². The maximum atomic E-state index is 5.65. The van der Waals surface area contributed by atoms with Gasteiger partial charge < -0.3 is 9.47 Å². The average molecular weight is 194 g/mol. The van der Waals surface area contributed by atoms with Crippen molar-refractivity contribution in [3.05, 3.63) is 23.8 Å². The maximum absolute atomic E-state index is 5.65. The first-order valence-electron chi connectivity index (χ1n) is 5.04. The van der Waals surface area contributed by atoms with E-state index in [1.54, 1.807) is 0 Å². The lowest BCUT2D eigenvalue weighted by molar-refractivity contribution is 0.238. The summed E-state index contributed by atoms with van der Waals surface area (Å²) < 4.78 is 11.1. The standard InChI is InChI=1S/C12H18O2/c1-5-13-11-7-6-8-12(10(11)4)14-9(2)3/h6-9H,5H2,1-4H3. The molecule has 0 unspecified atom stereocenters. The van der Waals surface area contributed by atoms with E-state index in [-0.39, 0.29) is 6.10 Å². The molecule has 0 amide bonds. The predicted molar refractivity (Wildman–Crippen MR) is 58.1 cm³/mol. The van der Waals surface area contributed by atoms with Gasteiger partial charge in [0.15, 0.2) is 0 Å². The molecule has 0 atom stereocenters. The van der Waals surface area contributed by atoms with Gasteiger partial charge in [-0.15, -0.1) is 0 Å². The first-order valence-corrected chi connectivity index (χ1v) is 5.04. The molecule has 0 bridgehead atoms. The van der Waals surface area contributed by atoms with Crippen molar-refractivity contribution in [2.45, 2.75) is 33.8 Å². The highest BCUT2D eigenvalue weighted by Crippen LogP contribution is 2.27. The molecule has 0 N–H and O–H groups in total. The van der Waals surface area contributed by atoms with Gasteiger partial charge in [0.25, 0.3) is 0 Å². The molecule has 0 fully saturated rings. The predicted octanol–water partition coefficient (Wildman–Crippen LogP) is 3.18. The smallest absolute Gasteiger partial charge is 0.126 e. The summed E-state index contributed by atoms with van der Waals surface area (Å²) >= 11 is 0. The summed E-state index contributed by atoms with van der Waals surface area (Å²) in [4.78, 5) is 0. The Morgan fingerprint density at radius 2 is 1.86 bits per heavy atom. The van der Waals surface area contributed by atoms with Crippen LogP contribution in [0.1, 0.15) is 26.3 Å². The molecule has 0 spiro atoms. The van der Waals surface area contributed by atoms with E-state index in [2.05, 4.69) is 0 Å². The molecule has 1 aromatic rings. The Labute approximate surface area is 85.8 Å². The number of rotatable bonds is 4. The normalized spacial score (nSPS) is 10.4. The quantitative estimate of drug-likeness (QED) is 0.733. The third kappa shape index (κ3) is 2.66. The van der Waals surface area contributed by atoms with Gasteiger partial charge in [0.2, 0.25) is 0 Å². The minimum Gasteiger partial charge on any atom is -0.493 e. The van der Waals surface area contributed by atoms with Crippen LogP contribution in [0.15, 0.2) is 18.2 Å². The van der Waals surface area contributed by atoms with Crippen molar-refractivity contribution in [1.29, 1.82) is 0 Å². The molecule has 0 radical (unpaired) electrons. The summed E-state index contributed by atoms with van der Waals surface area (Å²) in [7, 11) is 0. The lowest BCUT2D eigenvalue weighted by Crippen LogP contribution is -2.07. The zero-order chi connectivity index (χ0) is 10.6. The van der Waals surface area contributed by atoms with Gasteiger partial charge in [-0.25, -0.2) is 0 Å². The van der Waals surface area contributed by atoms with E-state index >= 15 is 0 Å². The topological polar surface area (TPSA) is 18.5 Å². The third-order valence-corrected chi connectivity index (χ3v) is 1.90. The zero-order valence-corrected chi connectivity index (χ0v) is 9.33. The number of hydrogen-bond donors (Lipinski definition) is 0. The van der Waals surface area contributed by atoms with Gasteiger partial charge in [-0.3, -0.25) is 0 Å². The number of ether oxygens (including phenoxy) is 2. The van der Waals surface area contributed by atoms with Gasteiger partial charge in [-0.2, -0.15) is 0 Å². The van der Waals surface area contributed by atoms with E-state index in [1.807, 2.05) is 45.9 Å². The lowest BCUT2D eigenvalue weighted by atomic mass is 10.2. The van der Waals surface area contributed by atoms with Gasteiger partial charge >= 0.3 is 0 Å². The van der Waals surface area contributed by atoms with Crippen molar-refractivity contribution in [3.63, 3.8) is 0 Å². The highest BCUT2D eigenvalue weighted by Gasteiger charge is 2.06. The highest BCUT2D eigenvalue weighted by molar-refractivity contribution is 5.43. The Morgan fingerprint density at radius 1 is 1.21 bits per heavy atom. The van der Waals surface area contributed by atoms with E-state index in [0.29, 0.717) is 6.61 Å². The fourth-order valence-corrected chi connectivity index (χ4v) is 1.29. The minimum absolute atomic E-state index is 0.200. The summed E-state index contributed by atoms with van der Waals surface area (Å²) in [6, 6.07) is 5.89. The second-order valence-corrected chi connectivity index (χ2v) is 3.48. The molecule has 2 nitrogen and oxygen atoms in total. The molecule has 14 heavy (non-hydrogen) atoms. The second-order valence-electron chi connectivity index (χ2n) is 3.48. The molecule has 1 aromatic carbocycles. The summed E-state index contributed by atoms with van der Waals surface area (Å²) in [5, 5.41) is 0.